The Hall–Kier alpha value is -2.63. The van der Waals surface area contributed by atoms with Gasteiger partial charge < -0.3 is 14.8 Å². The highest BCUT2D eigenvalue weighted by molar-refractivity contribution is 5.75. The maximum Gasteiger partial charge on any atom is 0.318 e. The summed E-state index contributed by atoms with van der Waals surface area (Å²) in [5.41, 5.74) is 0.246. The van der Waals surface area contributed by atoms with Crippen LogP contribution in [-0.2, 0) is 13.1 Å². The predicted octanol–water partition coefficient (Wildman–Crippen LogP) is 3.57. The maximum atomic E-state index is 13.9. The molecule has 1 aromatic heterocycles. The first-order chi connectivity index (χ1) is 11.8. The quantitative estimate of drug-likeness (QED) is 0.815. The van der Waals surface area contributed by atoms with E-state index in [1.807, 2.05) is 25.3 Å². The fourth-order valence-electron chi connectivity index (χ4n) is 2.39. The number of aromatic nitrogens is 2. The Morgan fingerprint density at radius 2 is 2.12 bits per heavy atom. The van der Waals surface area contributed by atoms with Crippen LogP contribution in [0.25, 0.3) is 0 Å². The third-order valence-electron chi connectivity index (χ3n) is 3.55. The Labute approximate surface area is 148 Å². The number of nitrogens with zero attached hydrogens (tertiary/aromatic N) is 3. The standard InChI is InChI=1S/C19H25FN4O/c1-5-11-24(18(25)22-19(2,3)4)14-17-21-10-12-23(17)13-15-8-6-7-9-16(15)20/h5-10,12H,1,11,13-14H2,2-4H3,(H,22,25). The number of hydrogen-bond donors (Lipinski definition) is 1. The molecule has 2 amide bonds. The molecular weight excluding hydrogens is 319 g/mol. The summed E-state index contributed by atoms with van der Waals surface area (Å²) in [5, 5.41) is 2.94. The van der Waals surface area contributed by atoms with Crippen LogP contribution in [0.2, 0.25) is 0 Å². The Morgan fingerprint density at radius 3 is 2.76 bits per heavy atom. The number of benzene rings is 1. The first-order valence-corrected chi connectivity index (χ1v) is 8.21. The molecule has 2 aromatic rings. The normalized spacial score (nSPS) is 11.2. The van der Waals surface area contributed by atoms with Crippen LogP contribution in [0.15, 0.2) is 49.3 Å². The van der Waals surface area contributed by atoms with Gasteiger partial charge in [-0.15, -0.1) is 6.58 Å². The highest BCUT2D eigenvalue weighted by Crippen LogP contribution is 2.12. The van der Waals surface area contributed by atoms with Crippen molar-refractivity contribution >= 4 is 6.03 Å². The van der Waals surface area contributed by atoms with E-state index in [0.717, 1.165) is 0 Å². The van der Waals surface area contributed by atoms with Crippen molar-refractivity contribution in [2.45, 2.75) is 39.4 Å². The SMILES string of the molecule is C=CCN(Cc1nccn1Cc1ccccc1F)C(=O)NC(C)(C)C. The molecule has 0 unspecified atom stereocenters. The van der Waals surface area contributed by atoms with Gasteiger partial charge in [0.15, 0.2) is 0 Å². The number of carbonyl (C=O) groups is 1. The number of amides is 2. The molecule has 0 bridgehead atoms. The molecule has 0 fully saturated rings. The molecule has 0 aliphatic carbocycles. The topological polar surface area (TPSA) is 50.2 Å². The number of nitrogens with one attached hydrogen (secondary N) is 1. The summed E-state index contributed by atoms with van der Waals surface area (Å²) in [5.74, 6) is 0.435. The number of urea groups is 1. The van der Waals surface area contributed by atoms with Crippen molar-refractivity contribution in [1.29, 1.82) is 0 Å². The number of hydrogen-bond acceptors (Lipinski definition) is 2. The van der Waals surface area contributed by atoms with Crippen molar-refractivity contribution in [2.24, 2.45) is 0 Å². The van der Waals surface area contributed by atoms with Crippen LogP contribution in [0, 0.1) is 5.82 Å². The minimum Gasteiger partial charge on any atom is -0.333 e. The van der Waals surface area contributed by atoms with Crippen molar-refractivity contribution < 1.29 is 9.18 Å². The molecule has 25 heavy (non-hydrogen) atoms. The zero-order valence-electron chi connectivity index (χ0n) is 15.0. The minimum atomic E-state index is -0.334. The van der Waals surface area contributed by atoms with Gasteiger partial charge in [-0.2, -0.15) is 0 Å². The van der Waals surface area contributed by atoms with Crippen LogP contribution in [0.5, 0.6) is 0 Å². The predicted molar refractivity (Wildman–Crippen MR) is 96.6 cm³/mol. The molecule has 0 radical (unpaired) electrons. The summed E-state index contributed by atoms with van der Waals surface area (Å²) < 4.78 is 15.7. The highest BCUT2D eigenvalue weighted by atomic mass is 19.1. The third kappa shape index (κ3) is 5.45. The zero-order valence-corrected chi connectivity index (χ0v) is 15.0. The van der Waals surface area contributed by atoms with E-state index in [1.165, 1.54) is 6.07 Å². The van der Waals surface area contributed by atoms with Gasteiger partial charge in [0.2, 0.25) is 0 Å². The largest absolute Gasteiger partial charge is 0.333 e. The summed E-state index contributed by atoms with van der Waals surface area (Å²) in [6.07, 6.45) is 5.12. The summed E-state index contributed by atoms with van der Waals surface area (Å²) in [7, 11) is 0. The lowest BCUT2D eigenvalue weighted by Gasteiger charge is -2.27. The molecule has 2 rings (SSSR count). The first-order valence-electron chi connectivity index (χ1n) is 8.21. The van der Waals surface area contributed by atoms with E-state index in [0.29, 0.717) is 31.0 Å². The molecule has 0 aliphatic heterocycles. The number of imidazole rings is 1. The van der Waals surface area contributed by atoms with Gasteiger partial charge in [0, 0.05) is 30.0 Å². The average molecular weight is 344 g/mol. The lowest BCUT2D eigenvalue weighted by Crippen LogP contribution is -2.48. The van der Waals surface area contributed by atoms with Crippen LogP contribution in [0.1, 0.15) is 32.2 Å². The van der Waals surface area contributed by atoms with E-state index in [-0.39, 0.29) is 17.4 Å². The Bertz CT molecular complexity index is 733. The van der Waals surface area contributed by atoms with Crippen LogP contribution in [0.3, 0.4) is 0 Å². The third-order valence-corrected chi connectivity index (χ3v) is 3.55. The summed E-state index contributed by atoms with van der Waals surface area (Å²) >= 11 is 0. The smallest absolute Gasteiger partial charge is 0.318 e. The number of halogens is 1. The minimum absolute atomic E-state index is 0.187. The van der Waals surface area contributed by atoms with E-state index in [9.17, 15) is 9.18 Å². The molecule has 1 N–H and O–H groups in total. The average Bonchev–Trinajstić information content (AvgIpc) is 2.94. The monoisotopic (exact) mass is 344 g/mol. The van der Waals surface area contributed by atoms with Crippen molar-refractivity contribution in [2.75, 3.05) is 6.54 Å². The lowest BCUT2D eigenvalue weighted by molar-refractivity contribution is 0.190. The Morgan fingerprint density at radius 1 is 1.40 bits per heavy atom. The molecule has 0 saturated carbocycles. The van der Waals surface area contributed by atoms with Crippen LogP contribution in [0.4, 0.5) is 9.18 Å². The Kier molecular flexibility index (Phi) is 5.96. The highest BCUT2D eigenvalue weighted by Gasteiger charge is 2.20. The van der Waals surface area contributed by atoms with Crippen LogP contribution < -0.4 is 5.32 Å². The second-order valence-corrected chi connectivity index (χ2v) is 6.91. The van der Waals surface area contributed by atoms with E-state index >= 15 is 0 Å². The lowest BCUT2D eigenvalue weighted by atomic mass is 10.1. The van der Waals surface area contributed by atoms with Gasteiger partial charge in [-0.25, -0.2) is 14.2 Å². The molecule has 1 heterocycles. The number of rotatable bonds is 6. The molecule has 6 heteroatoms. The van der Waals surface area contributed by atoms with Crippen molar-refractivity contribution in [3.63, 3.8) is 0 Å². The van der Waals surface area contributed by atoms with Gasteiger partial charge in [-0.05, 0) is 26.8 Å². The van der Waals surface area contributed by atoms with E-state index in [2.05, 4.69) is 16.9 Å². The zero-order chi connectivity index (χ0) is 18.4. The molecular formula is C19H25FN4O. The molecule has 0 saturated heterocycles. The van der Waals surface area contributed by atoms with Gasteiger partial charge in [0.1, 0.15) is 11.6 Å². The van der Waals surface area contributed by atoms with Gasteiger partial charge in [-0.1, -0.05) is 24.3 Å². The van der Waals surface area contributed by atoms with Gasteiger partial charge in [-0.3, -0.25) is 0 Å². The van der Waals surface area contributed by atoms with Gasteiger partial charge >= 0.3 is 6.03 Å². The maximum absolute atomic E-state index is 13.9. The van der Waals surface area contributed by atoms with Gasteiger partial charge in [0.25, 0.3) is 0 Å². The molecule has 5 nitrogen and oxygen atoms in total. The molecule has 0 aliphatic rings. The summed E-state index contributed by atoms with van der Waals surface area (Å²) in [6, 6.07) is 6.46. The summed E-state index contributed by atoms with van der Waals surface area (Å²) in [4.78, 5) is 18.4. The number of carbonyl (C=O) groups excluding carboxylic acids is 1. The van der Waals surface area contributed by atoms with Crippen LogP contribution in [-0.4, -0.2) is 32.6 Å². The second-order valence-electron chi connectivity index (χ2n) is 6.91. The summed E-state index contributed by atoms with van der Waals surface area (Å²) in [6.45, 7) is 10.6. The van der Waals surface area contributed by atoms with Crippen LogP contribution >= 0.6 is 0 Å². The van der Waals surface area contributed by atoms with Crippen molar-refractivity contribution in [3.05, 3.63) is 66.5 Å². The second kappa shape index (κ2) is 7.96. The Balaban J connectivity index is 2.15. The molecule has 0 atom stereocenters. The molecule has 1 aromatic carbocycles. The molecule has 134 valence electrons. The fraction of sp³-hybridized carbons (Fsp3) is 0.368. The van der Waals surface area contributed by atoms with Gasteiger partial charge in [0.05, 0.1) is 13.1 Å². The van der Waals surface area contributed by atoms with Crippen molar-refractivity contribution in [3.8, 4) is 0 Å². The first kappa shape index (κ1) is 18.7. The van der Waals surface area contributed by atoms with E-state index in [1.54, 1.807) is 41.6 Å². The molecule has 0 spiro atoms. The van der Waals surface area contributed by atoms with E-state index in [4.69, 9.17) is 0 Å². The van der Waals surface area contributed by atoms with E-state index < -0.39 is 0 Å². The van der Waals surface area contributed by atoms with Crippen molar-refractivity contribution in [1.82, 2.24) is 19.8 Å². The fourth-order valence-corrected chi connectivity index (χ4v) is 2.39.